The van der Waals surface area contributed by atoms with Crippen molar-refractivity contribution in [3.05, 3.63) is 12.3 Å². The number of rotatable bonds is 7. The lowest BCUT2D eigenvalue weighted by atomic mass is 10.3. The molecule has 0 amide bonds. The molecular weight excluding hydrogens is 140 g/mol. The van der Waals surface area contributed by atoms with Crippen molar-refractivity contribution in [1.29, 1.82) is 0 Å². The Morgan fingerprint density at radius 1 is 1.18 bits per heavy atom. The van der Waals surface area contributed by atoms with E-state index in [9.17, 15) is 0 Å². The summed E-state index contributed by atoms with van der Waals surface area (Å²) in [5, 5.41) is 0. The Balaban J connectivity index is 2.89. The first-order valence-electron chi connectivity index (χ1n) is 4.26. The summed E-state index contributed by atoms with van der Waals surface area (Å²) in [6, 6.07) is 0. The van der Waals surface area contributed by atoms with Crippen LogP contribution in [0.2, 0.25) is 0 Å². The first-order valence-corrected chi connectivity index (χ1v) is 4.26. The molecule has 2 nitrogen and oxygen atoms in total. The zero-order valence-corrected chi connectivity index (χ0v) is 7.51. The van der Waals surface area contributed by atoms with Crippen molar-refractivity contribution >= 4 is 0 Å². The zero-order valence-electron chi connectivity index (χ0n) is 7.51. The highest BCUT2D eigenvalue weighted by atomic mass is 16.7. The van der Waals surface area contributed by atoms with Gasteiger partial charge in [0.15, 0.2) is 6.79 Å². The van der Waals surface area contributed by atoms with E-state index in [1.807, 2.05) is 6.08 Å². The van der Waals surface area contributed by atoms with E-state index in [4.69, 9.17) is 9.47 Å². The van der Waals surface area contributed by atoms with Gasteiger partial charge in [0, 0.05) is 0 Å². The van der Waals surface area contributed by atoms with Gasteiger partial charge in [-0.2, -0.15) is 0 Å². The van der Waals surface area contributed by atoms with Crippen LogP contribution < -0.4 is 0 Å². The molecule has 0 aliphatic carbocycles. The first-order chi connectivity index (χ1) is 5.41. The van der Waals surface area contributed by atoms with E-state index in [-0.39, 0.29) is 0 Å². The zero-order chi connectivity index (χ0) is 8.36. The van der Waals surface area contributed by atoms with Gasteiger partial charge in [0.25, 0.3) is 0 Å². The number of ether oxygens (including phenoxy) is 2. The SMILES string of the molecule is CCCC=COCOCCC. The summed E-state index contributed by atoms with van der Waals surface area (Å²) in [5.74, 6) is 0. The minimum Gasteiger partial charge on any atom is -0.475 e. The molecule has 0 aromatic carbocycles. The molecule has 2 heteroatoms. The van der Waals surface area contributed by atoms with Crippen molar-refractivity contribution < 1.29 is 9.47 Å². The highest BCUT2D eigenvalue weighted by Gasteiger charge is 1.80. The Hall–Kier alpha value is -0.500. The topological polar surface area (TPSA) is 18.5 Å². The van der Waals surface area contributed by atoms with Crippen molar-refractivity contribution in [2.45, 2.75) is 33.1 Å². The van der Waals surface area contributed by atoms with E-state index < -0.39 is 0 Å². The van der Waals surface area contributed by atoms with Gasteiger partial charge in [0.2, 0.25) is 0 Å². The van der Waals surface area contributed by atoms with Gasteiger partial charge in [-0.1, -0.05) is 20.3 Å². The number of hydrogen-bond donors (Lipinski definition) is 0. The lowest BCUT2D eigenvalue weighted by Gasteiger charge is -2.00. The standard InChI is InChI=1S/C9H18O2/c1-3-5-6-8-11-9-10-7-4-2/h6,8H,3-5,7,9H2,1-2H3. The van der Waals surface area contributed by atoms with Gasteiger partial charge in [-0.15, -0.1) is 0 Å². The normalized spacial score (nSPS) is 10.7. The lowest BCUT2D eigenvalue weighted by Crippen LogP contribution is -1.95. The number of hydrogen-bond acceptors (Lipinski definition) is 2. The van der Waals surface area contributed by atoms with E-state index in [1.165, 1.54) is 0 Å². The Kier molecular flexibility index (Phi) is 9.07. The molecule has 0 aromatic rings. The third-order valence-electron chi connectivity index (χ3n) is 1.15. The van der Waals surface area contributed by atoms with Crippen molar-refractivity contribution in [2.24, 2.45) is 0 Å². The van der Waals surface area contributed by atoms with Crippen molar-refractivity contribution in [2.75, 3.05) is 13.4 Å². The van der Waals surface area contributed by atoms with Crippen molar-refractivity contribution in [3.63, 3.8) is 0 Å². The van der Waals surface area contributed by atoms with Crippen LogP contribution in [0.1, 0.15) is 33.1 Å². The maximum Gasteiger partial charge on any atom is 0.188 e. The van der Waals surface area contributed by atoms with Crippen LogP contribution in [0.25, 0.3) is 0 Å². The molecule has 0 aliphatic rings. The molecule has 0 fully saturated rings. The molecule has 0 rings (SSSR count). The molecular formula is C9H18O2. The van der Waals surface area contributed by atoms with Crippen molar-refractivity contribution in [1.82, 2.24) is 0 Å². The molecule has 0 spiro atoms. The largest absolute Gasteiger partial charge is 0.475 e. The highest BCUT2D eigenvalue weighted by Crippen LogP contribution is 1.89. The molecule has 0 bridgehead atoms. The smallest absolute Gasteiger partial charge is 0.188 e. The number of allylic oxidation sites excluding steroid dienone is 1. The van der Waals surface area contributed by atoms with Crippen molar-refractivity contribution in [3.8, 4) is 0 Å². The van der Waals surface area contributed by atoms with Gasteiger partial charge in [0.05, 0.1) is 12.9 Å². The monoisotopic (exact) mass is 158 g/mol. The molecule has 0 aliphatic heterocycles. The van der Waals surface area contributed by atoms with Crippen LogP contribution >= 0.6 is 0 Å². The molecule has 0 heterocycles. The second-order valence-corrected chi connectivity index (χ2v) is 2.35. The summed E-state index contributed by atoms with van der Waals surface area (Å²) in [7, 11) is 0. The molecule has 0 radical (unpaired) electrons. The Bertz CT molecular complexity index is 89.6. The predicted octanol–water partition coefficient (Wildman–Crippen LogP) is 2.70. The van der Waals surface area contributed by atoms with E-state index in [2.05, 4.69) is 13.8 Å². The fourth-order valence-corrected chi connectivity index (χ4v) is 0.593. The minimum atomic E-state index is 0.383. The van der Waals surface area contributed by atoms with Crippen LogP contribution in [-0.2, 0) is 9.47 Å². The molecule has 0 saturated heterocycles. The molecule has 0 N–H and O–H groups in total. The molecule has 0 unspecified atom stereocenters. The second-order valence-electron chi connectivity index (χ2n) is 2.35. The van der Waals surface area contributed by atoms with Crippen LogP contribution in [0.15, 0.2) is 12.3 Å². The van der Waals surface area contributed by atoms with Gasteiger partial charge in [0.1, 0.15) is 0 Å². The van der Waals surface area contributed by atoms with E-state index >= 15 is 0 Å². The van der Waals surface area contributed by atoms with Crippen LogP contribution in [0.4, 0.5) is 0 Å². The third-order valence-corrected chi connectivity index (χ3v) is 1.15. The molecule has 0 atom stereocenters. The van der Waals surface area contributed by atoms with Gasteiger partial charge < -0.3 is 9.47 Å². The average molecular weight is 158 g/mol. The van der Waals surface area contributed by atoms with Gasteiger partial charge >= 0.3 is 0 Å². The molecule has 0 saturated carbocycles. The fraction of sp³-hybridized carbons (Fsp3) is 0.778. The number of unbranched alkanes of at least 4 members (excludes halogenated alkanes) is 1. The Morgan fingerprint density at radius 2 is 2.00 bits per heavy atom. The lowest BCUT2D eigenvalue weighted by molar-refractivity contribution is -0.0111. The summed E-state index contributed by atoms with van der Waals surface area (Å²) < 4.78 is 10.1. The molecule has 66 valence electrons. The predicted molar refractivity (Wildman–Crippen MR) is 46.2 cm³/mol. The quantitative estimate of drug-likeness (QED) is 0.322. The van der Waals surface area contributed by atoms with Gasteiger partial charge in [-0.3, -0.25) is 0 Å². The Labute approximate surface area is 69.2 Å². The van der Waals surface area contributed by atoms with Crippen LogP contribution in [0.5, 0.6) is 0 Å². The second kappa shape index (κ2) is 9.50. The van der Waals surface area contributed by atoms with Crippen LogP contribution in [-0.4, -0.2) is 13.4 Å². The summed E-state index contributed by atoms with van der Waals surface area (Å²) in [4.78, 5) is 0. The highest BCUT2D eigenvalue weighted by molar-refractivity contribution is 4.71. The third kappa shape index (κ3) is 9.50. The van der Waals surface area contributed by atoms with E-state index in [1.54, 1.807) is 6.26 Å². The Morgan fingerprint density at radius 3 is 2.64 bits per heavy atom. The average Bonchev–Trinajstić information content (AvgIpc) is 2.03. The van der Waals surface area contributed by atoms with E-state index in [0.29, 0.717) is 6.79 Å². The maximum atomic E-state index is 5.09. The van der Waals surface area contributed by atoms with Crippen LogP contribution in [0, 0.1) is 0 Å². The minimum absolute atomic E-state index is 0.383. The fourth-order valence-electron chi connectivity index (χ4n) is 0.593. The summed E-state index contributed by atoms with van der Waals surface area (Å²) in [5.41, 5.74) is 0. The van der Waals surface area contributed by atoms with E-state index in [0.717, 1.165) is 25.9 Å². The molecule has 0 aromatic heterocycles. The van der Waals surface area contributed by atoms with Crippen LogP contribution in [0.3, 0.4) is 0 Å². The molecule has 11 heavy (non-hydrogen) atoms. The maximum absolute atomic E-state index is 5.09. The van der Waals surface area contributed by atoms with Gasteiger partial charge in [-0.05, 0) is 18.9 Å². The summed E-state index contributed by atoms with van der Waals surface area (Å²) in [6.45, 7) is 5.38. The first kappa shape index (κ1) is 10.5. The summed E-state index contributed by atoms with van der Waals surface area (Å²) in [6.07, 6.45) is 7.00. The summed E-state index contributed by atoms with van der Waals surface area (Å²) >= 11 is 0. The van der Waals surface area contributed by atoms with Gasteiger partial charge in [-0.25, -0.2) is 0 Å².